The molecule has 0 radical (unpaired) electrons. The van der Waals surface area contributed by atoms with Gasteiger partial charge in [-0.25, -0.2) is 4.68 Å². The molecule has 2 aromatic carbocycles. The molecule has 130 valence electrons. The minimum absolute atomic E-state index is 0.0570. The normalized spacial score (nSPS) is 11.3. The average molecular weight is 400 g/mol. The molecule has 0 amide bonds. The smallest absolute Gasteiger partial charge is 0.198 e. The van der Waals surface area contributed by atoms with Crippen LogP contribution in [-0.2, 0) is 6.61 Å². The highest BCUT2D eigenvalue weighted by atomic mass is 35.5. The lowest BCUT2D eigenvalue weighted by atomic mass is 10.1. The Morgan fingerprint density at radius 2 is 1.60 bits per heavy atom. The van der Waals surface area contributed by atoms with Crippen molar-refractivity contribution in [1.29, 1.82) is 0 Å². The summed E-state index contributed by atoms with van der Waals surface area (Å²) in [7, 11) is 0. The van der Waals surface area contributed by atoms with Crippen LogP contribution in [0.1, 0.15) is 17.5 Å². The number of nitrogens with zero attached hydrogens (tertiary/aromatic N) is 2. The van der Waals surface area contributed by atoms with Gasteiger partial charge in [0.15, 0.2) is 6.29 Å². The van der Waals surface area contributed by atoms with Gasteiger partial charge in [-0.3, -0.25) is 0 Å². The minimum atomic E-state index is -1.85. The number of halogens is 3. The topological polar surface area (TPSA) is 78.5 Å². The second-order valence-corrected chi connectivity index (χ2v) is 6.54. The fourth-order valence-electron chi connectivity index (χ4n) is 2.56. The Morgan fingerprint density at radius 1 is 0.960 bits per heavy atom. The van der Waals surface area contributed by atoms with E-state index in [4.69, 9.17) is 34.8 Å². The van der Waals surface area contributed by atoms with Crippen LogP contribution >= 0.6 is 34.8 Å². The molecular weight excluding hydrogens is 387 g/mol. The van der Waals surface area contributed by atoms with Crippen LogP contribution in [0.4, 0.5) is 0 Å². The molecule has 0 spiro atoms. The van der Waals surface area contributed by atoms with Gasteiger partial charge in [-0.05, 0) is 30.3 Å². The molecule has 8 heteroatoms. The van der Waals surface area contributed by atoms with Crippen LogP contribution in [0.2, 0.25) is 15.1 Å². The fraction of sp³-hybridized carbons (Fsp3) is 0.118. The van der Waals surface area contributed by atoms with Crippen molar-refractivity contribution >= 4 is 34.8 Å². The Labute approximate surface area is 158 Å². The van der Waals surface area contributed by atoms with E-state index in [0.717, 1.165) is 0 Å². The summed E-state index contributed by atoms with van der Waals surface area (Å²) in [5.41, 5.74) is 1.87. The van der Waals surface area contributed by atoms with Crippen molar-refractivity contribution in [2.24, 2.45) is 0 Å². The van der Waals surface area contributed by atoms with E-state index in [1.165, 1.54) is 4.68 Å². The maximum absolute atomic E-state index is 9.78. The Hall–Kier alpha value is -1.60. The van der Waals surface area contributed by atoms with Gasteiger partial charge in [0.2, 0.25) is 0 Å². The molecule has 3 aromatic rings. The van der Waals surface area contributed by atoms with Crippen molar-refractivity contribution in [2.45, 2.75) is 12.9 Å². The molecule has 0 fully saturated rings. The van der Waals surface area contributed by atoms with E-state index in [9.17, 15) is 15.3 Å². The largest absolute Gasteiger partial charge is 0.392 e. The van der Waals surface area contributed by atoms with Crippen LogP contribution in [-0.4, -0.2) is 25.1 Å². The van der Waals surface area contributed by atoms with Gasteiger partial charge in [0.05, 0.1) is 23.0 Å². The lowest BCUT2D eigenvalue weighted by Crippen LogP contribution is -2.02. The number of hydrogen-bond donors (Lipinski definition) is 3. The third kappa shape index (κ3) is 3.53. The van der Waals surface area contributed by atoms with E-state index in [-0.39, 0.29) is 11.3 Å². The maximum Gasteiger partial charge on any atom is 0.198 e. The van der Waals surface area contributed by atoms with Crippen molar-refractivity contribution in [2.75, 3.05) is 0 Å². The summed E-state index contributed by atoms with van der Waals surface area (Å²) in [4.78, 5) is 0. The number of benzene rings is 2. The summed E-state index contributed by atoms with van der Waals surface area (Å²) < 4.78 is 1.45. The molecule has 25 heavy (non-hydrogen) atoms. The second-order valence-electron chi connectivity index (χ2n) is 5.26. The predicted molar refractivity (Wildman–Crippen MR) is 97.1 cm³/mol. The first kappa shape index (κ1) is 18.2. The molecule has 0 atom stereocenters. The molecule has 0 bridgehead atoms. The highest BCUT2D eigenvalue weighted by Gasteiger charge is 2.24. The molecule has 0 aliphatic heterocycles. The lowest BCUT2D eigenvalue weighted by molar-refractivity contribution is -0.0472. The molecule has 1 aromatic heterocycles. The highest BCUT2D eigenvalue weighted by molar-refractivity contribution is 6.35. The standard InChI is InChI=1S/C17H13Cl3N2O3/c18-10-3-1-9(2-4-10)16-12(8-23)15(17(24)25)21-22(16)14-6-5-11(19)7-13(14)20/h1-7,17,23-25H,8H2. The van der Waals surface area contributed by atoms with Crippen molar-refractivity contribution in [1.82, 2.24) is 9.78 Å². The molecule has 3 rings (SSSR count). The monoisotopic (exact) mass is 398 g/mol. The Kier molecular flexibility index (Phi) is 5.34. The molecule has 0 aliphatic carbocycles. The van der Waals surface area contributed by atoms with Crippen LogP contribution in [0.3, 0.4) is 0 Å². The molecule has 3 N–H and O–H groups in total. The van der Waals surface area contributed by atoms with Crippen molar-refractivity contribution in [3.05, 3.63) is 68.8 Å². The summed E-state index contributed by atoms with van der Waals surface area (Å²) in [6, 6.07) is 11.7. The number of rotatable bonds is 4. The first-order valence-corrected chi connectivity index (χ1v) is 8.36. The SMILES string of the molecule is OCc1c(C(O)O)nn(-c2ccc(Cl)cc2Cl)c1-c1ccc(Cl)cc1. The molecule has 0 saturated heterocycles. The molecular formula is C17H13Cl3N2O3. The summed E-state index contributed by atoms with van der Waals surface area (Å²) in [5, 5.41) is 34.6. The van der Waals surface area contributed by atoms with Gasteiger partial charge in [-0.15, -0.1) is 0 Å². The second kappa shape index (κ2) is 7.33. The van der Waals surface area contributed by atoms with Crippen molar-refractivity contribution < 1.29 is 15.3 Å². The number of aliphatic hydroxyl groups excluding tert-OH is 2. The van der Waals surface area contributed by atoms with Gasteiger partial charge in [0.25, 0.3) is 0 Å². The van der Waals surface area contributed by atoms with Gasteiger partial charge in [0.1, 0.15) is 5.69 Å². The average Bonchev–Trinajstić information content (AvgIpc) is 2.95. The Bertz CT molecular complexity index is 908. The maximum atomic E-state index is 9.78. The van der Waals surface area contributed by atoms with Crippen molar-refractivity contribution in [3.63, 3.8) is 0 Å². The van der Waals surface area contributed by atoms with Crippen LogP contribution in [0, 0.1) is 0 Å². The quantitative estimate of drug-likeness (QED) is 0.580. The van der Waals surface area contributed by atoms with Gasteiger partial charge in [-0.2, -0.15) is 5.10 Å². The highest BCUT2D eigenvalue weighted by Crippen LogP contribution is 2.34. The van der Waals surface area contributed by atoms with Crippen LogP contribution in [0.5, 0.6) is 0 Å². The van der Waals surface area contributed by atoms with E-state index in [1.54, 1.807) is 42.5 Å². The fourth-order valence-corrected chi connectivity index (χ4v) is 3.18. The Balaban J connectivity index is 2.32. The van der Waals surface area contributed by atoms with Crippen LogP contribution in [0.25, 0.3) is 16.9 Å². The zero-order valence-corrected chi connectivity index (χ0v) is 15.0. The zero-order valence-electron chi connectivity index (χ0n) is 12.7. The van der Waals surface area contributed by atoms with Gasteiger partial charge >= 0.3 is 0 Å². The van der Waals surface area contributed by atoms with Crippen LogP contribution in [0.15, 0.2) is 42.5 Å². The van der Waals surface area contributed by atoms with E-state index >= 15 is 0 Å². The Morgan fingerprint density at radius 3 is 2.16 bits per heavy atom. The van der Waals surface area contributed by atoms with E-state index in [2.05, 4.69) is 5.10 Å². The third-order valence-electron chi connectivity index (χ3n) is 3.67. The number of aromatic nitrogens is 2. The van der Waals surface area contributed by atoms with Gasteiger partial charge in [0, 0.05) is 21.2 Å². The molecule has 0 unspecified atom stereocenters. The molecule has 0 aliphatic rings. The van der Waals surface area contributed by atoms with E-state index in [0.29, 0.717) is 32.0 Å². The number of hydrogen-bond acceptors (Lipinski definition) is 4. The third-order valence-corrected chi connectivity index (χ3v) is 4.46. The minimum Gasteiger partial charge on any atom is -0.392 e. The first-order valence-electron chi connectivity index (χ1n) is 7.22. The van der Waals surface area contributed by atoms with Crippen molar-refractivity contribution in [3.8, 4) is 16.9 Å². The molecule has 0 saturated carbocycles. The molecule has 1 heterocycles. The van der Waals surface area contributed by atoms with Gasteiger partial charge in [-0.1, -0.05) is 46.9 Å². The summed E-state index contributed by atoms with van der Waals surface area (Å²) in [6.45, 7) is -0.434. The number of aliphatic hydroxyl groups is 3. The summed E-state index contributed by atoms with van der Waals surface area (Å²) in [6.07, 6.45) is -1.85. The first-order chi connectivity index (χ1) is 11.9. The summed E-state index contributed by atoms with van der Waals surface area (Å²) >= 11 is 18.2. The van der Waals surface area contributed by atoms with Gasteiger partial charge < -0.3 is 15.3 Å². The molecule has 5 nitrogen and oxygen atoms in total. The van der Waals surface area contributed by atoms with E-state index < -0.39 is 12.9 Å². The lowest BCUT2D eigenvalue weighted by Gasteiger charge is -2.11. The van der Waals surface area contributed by atoms with E-state index in [1.807, 2.05) is 0 Å². The zero-order chi connectivity index (χ0) is 18.1. The summed E-state index contributed by atoms with van der Waals surface area (Å²) in [5.74, 6) is 0. The predicted octanol–water partition coefficient (Wildman–Crippen LogP) is 3.98. The van der Waals surface area contributed by atoms with Crippen LogP contribution < -0.4 is 0 Å².